The predicted molar refractivity (Wildman–Crippen MR) is 362 cm³/mol. The van der Waals surface area contributed by atoms with E-state index < -0.39 is 6.10 Å². The van der Waals surface area contributed by atoms with Crippen LogP contribution in [0.1, 0.15) is 367 Å². The highest BCUT2D eigenvalue weighted by molar-refractivity contribution is 5.71. The third-order valence-electron chi connectivity index (χ3n) is 15.9. The lowest BCUT2D eigenvalue weighted by Crippen LogP contribution is -2.30. The molecule has 0 aromatic heterocycles. The van der Waals surface area contributed by atoms with E-state index in [1.165, 1.54) is 231 Å². The Kier molecular flexibility index (Phi) is 68.2. The Bertz CT molecular complexity index is 1570. The van der Waals surface area contributed by atoms with Crippen LogP contribution >= 0.6 is 0 Å². The molecule has 0 aliphatic carbocycles. The van der Waals surface area contributed by atoms with Gasteiger partial charge in [0.05, 0.1) is 0 Å². The van der Waals surface area contributed by atoms with Crippen molar-refractivity contribution in [2.24, 2.45) is 0 Å². The molecule has 0 aromatic carbocycles. The Hall–Kier alpha value is -3.41. The van der Waals surface area contributed by atoms with E-state index >= 15 is 0 Å². The summed E-state index contributed by atoms with van der Waals surface area (Å²) in [7, 11) is 0. The van der Waals surface area contributed by atoms with Gasteiger partial charge in [-0.15, -0.1) is 0 Å². The summed E-state index contributed by atoms with van der Waals surface area (Å²) in [6.07, 6.45) is 94.6. The second-order valence-electron chi connectivity index (χ2n) is 24.1. The van der Waals surface area contributed by atoms with Gasteiger partial charge in [0.2, 0.25) is 0 Å². The van der Waals surface area contributed by atoms with Crippen molar-refractivity contribution in [1.29, 1.82) is 0 Å². The third kappa shape index (κ3) is 69.3. The van der Waals surface area contributed by atoms with Gasteiger partial charge in [0, 0.05) is 19.3 Å². The molecule has 0 heterocycles. The second kappa shape index (κ2) is 71.1. The highest BCUT2D eigenvalue weighted by atomic mass is 16.6. The molecule has 480 valence electrons. The van der Waals surface area contributed by atoms with Crippen LogP contribution in [0, 0.1) is 0 Å². The van der Waals surface area contributed by atoms with Crippen molar-refractivity contribution in [3.05, 3.63) is 85.1 Å². The maximum absolute atomic E-state index is 13.0. The predicted octanol–water partition coefficient (Wildman–Crippen LogP) is 25.0. The van der Waals surface area contributed by atoms with Crippen LogP contribution < -0.4 is 0 Å². The SMILES string of the molecule is CC/C=C\C/C=C\C/C=C\C/C=C\C/C=C\CCCCCCCCCC(=O)OC(COC(=O)CCCCCCCCC/C=C\CCCCCCCC)COC(=O)CCCCCCCCCCCCCCC/C=C\CCCCCCCCCC. The molecule has 0 aliphatic heterocycles. The number of carbonyl (C=O) groups excluding carboxylic acids is 3. The van der Waals surface area contributed by atoms with E-state index in [9.17, 15) is 14.4 Å². The van der Waals surface area contributed by atoms with Crippen molar-refractivity contribution in [3.63, 3.8) is 0 Å². The van der Waals surface area contributed by atoms with Crippen molar-refractivity contribution in [2.45, 2.75) is 374 Å². The Labute approximate surface area is 515 Å². The van der Waals surface area contributed by atoms with Crippen LogP contribution in [0.25, 0.3) is 0 Å². The van der Waals surface area contributed by atoms with Crippen LogP contribution in [0.2, 0.25) is 0 Å². The molecule has 0 aromatic rings. The quantitative estimate of drug-likeness (QED) is 0.0261. The lowest BCUT2D eigenvalue weighted by molar-refractivity contribution is -0.167. The molecule has 0 bridgehead atoms. The van der Waals surface area contributed by atoms with E-state index in [-0.39, 0.29) is 31.1 Å². The Morgan fingerprint density at radius 3 is 0.747 bits per heavy atom. The summed E-state index contributed by atoms with van der Waals surface area (Å²) in [4.78, 5) is 38.5. The Morgan fingerprint density at radius 2 is 0.470 bits per heavy atom. The van der Waals surface area contributed by atoms with Gasteiger partial charge < -0.3 is 14.2 Å². The summed E-state index contributed by atoms with van der Waals surface area (Å²) in [6.45, 7) is 6.56. The van der Waals surface area contributed by atoms with Gasteiger partial charge in [0.1, 0.15) is 13.2 Å². The summed E-state index contributed by atoms with van der Waals surface area (Å²) >= 11 is 0. The van der Waals surface area contributed by atoms with Gasteiger partial charge in [0.25, 0.3) is 0 Å². The summed E-state index contributed by atoms with van der Waals surface area (Å²) < 4.78 is 17.0. The summed E-state index contributed by atoms with van der Waals surface area (Å²) in [6, 6.07) is 0. The van der Waals surface area contributed by atoms with Crippen molar-refractivity contribution < 1.29 is 28.6 Å². The van der Waals surface area contributed by atoms with E-state index in [1.807, 2.05) is 0 Å². The summed E-state index contributed by atoms with van der Waals surface area (Å²) in [5, 5.41) is 0. The first-order valence-electron chi connectivity index (χ1n) is 36.1. The first kappa shape index (κ1) is 79.6. The number of hydrogen-bond acceptors (Lipinski definition) is 6. The van der Waals surface area contributed by atoms with Crippen LogP contribution in [0.15, 0.2) is 85.1 Å². The van der Waals surface area contributed by atoms with Gasteiger partial charge in [-0.1, -0.05) is 318 Å². The maximum Gasteiger partial charge on any atom is 0.306 e. The number of esters is 3. The van der Waals surface area contributed by atoms with Crippen LogP contribution in [-0.2, 0) is 28.6 Å². The maximum atomic E-state index is 13.0. The first-order valence-corrected chi connectivity index (χ1v) is 36.1. The molecule has 0 rings (SSSR count). The minimum atomic E-state index is -0.787. The van der Waals surface area contributed by atoms with Crippen molar-refractivity contribution in [3.8, 4) is 0 Å². The molecule has 0 spiro atoms. The van der Waals surface area contributed by atoms with Crippen molar-refractivity contribution in [1.82, 2.24) is 0 Å². The third-order valence-corrected chi connectivity index (χ3v) is 15.9. The molecule has 0 N–H and O–H groups in total. The van der Waals surface area contributed by atoms with Crippen LogP contribution in [-0.4, -0.2) is 37.2 Å². The van der Waals surface area contributed by atoms with Crippen molar-refractivity contribution >= 4 is 17.9 Å². The van der Waals surface area contributed by atoms with Crippen LogP contribution in [0.4, 0.5) is 0 Å². The lowest BCUT2D eigenvalue weighted by Gasteiger charge is -2.18. The second-order valence-corrected chi connectivity index (χ2v) is 24.1. The molecule has 0 amide bonds. The average molecular weight is 1160 g/mol. The summed E-state index contributed by atoms with van der Waals surface area (Å²) in [5.74, 6) is -0.876. The number of ether oxygens (including phenoxy) is 3. The monoisotopic (exact) mass is 1160 g/mol. The fraction of sp³-hybridized carbons (Fsp3) is 0.779. The number of carbonyl (C=O) groups is 3. The van der Waals surface area contributed by atoms with E-state index in [0.29, 0.717) is 19.3 Å². The van der Waals surface area contributed by atoms with E-state index in [1.54, 1.807) is 0 Å². The minimum Gasteiger partial charge on any atom is -0.462 e. The normalized spacial score (nSPS) is 12.6. The fourth-order valence-electron chi connectivity index (χ4n) is 10.5. The zero-order valence-corrected chi connectivity index (χ0v) is 55.2. The van der Waals surface area contributed by atoms with Crippen molar-refractivity contribution in [2.75, 3.05) is 13.2 Å². The number of unbranched alkanes of at least 4 members (excludes halogenated alkanes) is 41. The lowest BCUT2D eigenvalue weighted by atomic mass is 10.0. The van der Waals surface area contributed by atoms with Crippen LogP contribution in [0.3, 0.4) is 0 Å². The topological polar surface area (TPSA) is 78.9 Å². The number of rotatable bonds is 66. The number of allylic oxidation sites excluding steroid dienone is 14. The van der Waals surface area contributed by atoms with Gasteiger partial charge >= 0.3 is 17.9 Å². The van der Waals surface area contributed by atoms with Gasteiger partial charge in [-0.05, 0) is 116 Å². The smallest absolute Gasteiger partial charge is 0.306 e. The fourth-order valence-corrected chi connectivity index (χ4v) is 10.5. The highest BCUT2D eigenvalue weighted by Crippen LogP contribution is 2.17. The molecule has 1 atom stereocenters. The zero-order valence-electron chi connectivity index (χ0n) is 55.2. The molecule has 0 aliphatic rings. The molecule has 0 fully saturated rings. The minimum absolute atomic E-state index is 0.0802. The average Bonchev–Trinajstić information content (AvgIpc) is 3.49. The van der Waals surface area contributed by atoms with E-state index in [2.05, 4.69) is 106 Å². The molecule has 0 saturated heterocycles. The molecule has 0 saturated carbocycles. The highest BCUT2D eigenvalue weighted by Gasteiger charge is 2.19. The molecule has 1 unspecified atom stereocenters. The molecular weight excluding hydrogens is 1020 g/mol. The van der Waals surface area contributed by atoms with Crippen LogP contribution in [0.5, 0.6) is 0 Å². The largest absolute Gasteiger partial charge is 0.462 e. The molecule has 6 nitrogen and oxygen atoms in total. The standard InChI is InChI=1S/C77H136O6/c1-4-7-10-13-16-19-22-25-28-31-33-35-37-38-40-41-43-46-49-52-55-58-61-64-67-70-76(79)82-73-74(72-81-75(78)69-66-63-60-57-54-51-48-45-30-27-24-21-18-15-12-9-6-3)83-77(80)71-68-65-62-59-56-53-50-47-44-42-39-36-34-32-29-26-23-20-17-14-11-8-5-2/h8,11,17,20,26-27,29-31,33-34,36,42,44,74H,4-7,9-10,12-16,18-19,21-25,28,32,35,37-41,43,45-73H2,1-3H3/b11-8-,20-17-,29-26-,30-27-,33-31-,36-34-,44-42-. The Balaban J connectivity index is 4.36. The number of hydrogen-bond donors (Lipinski definition) is 0. The molecule has 6 heteroatoms. The zero-order chi connectivity index (χ0) is 59.9. The molecule has 0 radical (unpaired) electrons. The van der Waals surface area contributed by atoms with Gasteiger partial charge in [-0.2, -0.15) is 0 Å². The van der Waals surface area contributed by atoms with E-state index in [4.69, 9.17) is 14.2 Å². The van der Waals surface area contributed by atoms with Gasteiger partial charge in [-0.25, -0.2) is 0 Å². The Morgan fingerprint density at radius 1 is 0.253 bits per heavy atom. The first-order chi connectivity index (χ1) is 41.0. The molecular formula is C77H136O6. The van der Waals surface area contributed by atoms with Gasteiger partial charge in [0.15, 0.2) is 6.10 Å². The molecule has 83 heavy (non-hydrogen) atoms. The van der Waals surface area contributed by atoms with Gasteiger partial charge in [-0.3, -0.25) is 14.4 Å². The summed E-state index contributed by atoms with van der Waals surface area (Å²) in [5.41, 5.74) is 0. The van der Waals surface area contributed by atoms with E-state index in [0.717, 1.165) is 96.3 Å².